The monoisotopic (exact) mass is 459 g/mol. The van der Waals surface area contributed by atoms with Crippen LogP contribution in [-0.4, -0.2) is 23.0 Å². The van der Waals surface area contributed by atoms with Gasteiger partial charge in [-0.2, -0.15) is 8.42 Å². The minimum absolute atomic E-state index is 0.00921. The summed E-state index contributed by atoms with van der Waals surface area (Å²) in [6.07, 6.45) is 4.64. The molecule has 4 rings (SSSR count). The van der Waals surface area contributed by atoms with Crippen LogP contribution in [-0.2, 0) is 23.7 Å². The molecule has 3 aromatic heterocycles. The molecule has 32 heavy (non-hydrogen) atoms. The Morgan fingerprint density at radius 3 is 2.72 bits per heavy atom. The Morgan fingerprint density at radius 2 is 2.03 bits per heavy atom. The summed E-state index contributed by atoms with van der Waals surface area (Å²) in [6.45, 7) is 1.68. The molecule has 0 radical (unpaired) electrons. The van der Waals surface area contributed by atoms with Gasteiger partial charge in [0.1, 0.15) is 11.4 Å². The summed E-state index contributed by atoms with van der Waals surface area (Å²) in [5.74, 6) is -0.767. The first-order chi connectivity index (χ1) is 15.1. The van der Waals surface area contributed by atoms with Crippen LogP contribution in [0.15, 0.2) is 52.1 Å². The molecule has 3 heterocycles. The number of fused-ring (bicyclic) bond motifs is 1. The number of aromatic nitrogens is 3. The van der Waals surface area contributed by atoms with E-state index in [9.17, 15) is 17.6 Å². The van der Waals surface area contributed by atoms with Crippen molar-refractivity contribution in [3.05, 3.63) is 75.8 Å². The van der Waals surface area contributed by atoms with Crippen molar-refractivity contribution in [3.63, 3.8) is 0 Å². The number of rotatable bonds is 6. The average molecular weight is 459 g/mol. The van der Waals surface area contributed by atoms with E-state index in [1.807, 2.05) is 0 Å². The fourth-order valence-electron chi connectivity index (χ4n) is 3.21. The molecule has 0 fully saturated rings. The van der Waals surface area contributed by atoms with Gasteiger partial charge < -0.3 is 13.7 Å². The maximum absolute atomic E-state index is 14.7. The maximum atomic E-state index is 14.7. The number of hydrogen-bond donors (Lipinski definition) is 2. The van der Waals surface area contributed by atoms with Crippen LogP contribution < -0.4 is 20.2 Å². The van der Waals surface area contributed by atoms with E-state index in [2.05, 4.69) is 14.7 Å². The SMILES string of the molecule is Cc1c(Cc2ccnc(NS(N)(=O)=O)c2)c(=O)oc2cc(Oc3nccn3C)c(F)cc12. The van der Waals surface area contributed by atoms with Crippen molar-refractivity contribution in [2.45, 2.75) is 13.3 Å². The first kappa shape index (κ1) is 21.5. The van der Waals surface area contributed by atoms with Crippen LogP contribution in [0.3, 0.4) is 0 Å². The third-order valence-electron chi connectivity index (χ3n) is 4.77. The minimum Gasteiger partial charge on any atom is -0.422 e. The number of halogens is 1. The third kappa shape index (κ3) is 4.45. The van der Waals surface area contributed by atoms with Crippen LogP contribution >= 0.6 is 0 Å². The summed E-state index contributed by atoms with van der Waals surface area (Å²) in [5, 5.41) is 5.37. The topological polar surface area (TPSA) is 142 Å². The van der Waals surface area contributed by atoms with Crippen LogP contribution in [0.1, 0.15) is 16.7 Å². The summed E-state index contributed by atoms with van der Waals surface area (Å²) in [4.78, 5) is 20.5. The van der Waals surface area contributed by atoms with Crippen molar-refractivity contribution in [1.82, 2.24) is 14.5 Å². The van der Waals surface area contributed by atoms with Crippen LogP contribution in [0.5, 0.6) is 11.8 Å². The van der Waals surface area contributed by atoms with E-state index < -0.39 is 21.7 Å². The van der Waals surface area contributed by atoms with Gasteiger partial charge in [0, 0.05) is 49.1 Å². The molecule has 0 atom stereocenters. The molecule has 3 N–H and O–H groups in total. The number of aryl methyl sites for hydroxylation is 2. The van der Waals surface area contributed by atoms with Crippen molar-refractivity contribution >= 4 is 27.0 Å². The highest BCUT2D eigenvalue weighted by molar-refractivity contribution is 7.90. The largest absolute Gasteiger partial charge is 0.422 e. The molecule has 0 bridgehead atoms. The third-order valence-corrected chi connectivity index (χ3v) is 5.26. The summed E-state index contributed by atoms with van der Waals surface area (Å²) in [6, 6.07) is 5.77. The normalized spacial score (nSPS) is 11.6. The van der Waals surface area contributed by atoms with Crippen molar-refractivity contribution < 1.29 is 22.0 Å². The lowest BCUT2D eigenvalue weighted by Crippen LogP contribution is -2.22. The van der Waals surface area contributed by atoms with Crippen LogP contribution in [0.2, 0.25) is 0 Å². The standard InChI is InChI=1S/C20H18FN5O5S/c1-11-13-9-15(21)17(31-20-24-5-6-26(20)2)10-16(13)30-19(27)14(11)7-12-3-4-23-18(8-12)25-32(22,28)29/h3-6,8-10H,7H2,1-2H3,(H,23,25)(H2,22,28,29). The molecule has 0 aliphatic heterocycles. The van der Waals surface area contributed by atoms with Crippen LogP contribution in [0, 0.1) is 12.7 Å². The number of ether oxygens (including phenoxy) is 1. The first-order valence-corrected chi connectivity index (χ1v) is 10.8. The zero-order chi connectivity index (χ0) is 23.0. The van der Waals surface area contributed by atoms with Gasteiger partial charge in [0.05, 0.1) is 0 Å². The maximum Gasteiger partial charge on any atom is 0.340 e. The molecule has 12 heteroatoms. The van der Waals surface area contributed by atoms with E-state index in [1.54, 1.807) is 30.8 Å². The van der Waals surface area contributed by atoms with Crippen molar-refractivity contribution in [1.29, 1.82) is 0 Å². The molecule has 0 amide bonds. The Labute approximate surface area is 181 Å². The molecular weight excluding hydrogens is 441 g/mol. The summed E-state index contributed by atoms with van der Waals surface area (Å²) in [7, 11) is -2.30. The number of nitrogens with zero attached hydrogens (tertiary/aromatic N) is 3. The summed E-state index contributed by atoms with van der Waals surface area (Å²) >= 11 is 0. The van der Waals surface area contributed by atoms with Crippen LogP contribution in [0.4, 0.5) is 10.2 Å². The van der Waals surface area contributed by atoms with Gasteiger partial charge >= 0.3 is 11.6 Å². The van der Waals surface area contributed by atoms with Gasteiger partial charge in [0.2, 0.25) is 0 Å². The van der Waals surface area contributed by atoms with Gasteiger partial charge in [-0.25, -0.2) is 24.3 Å². The molecule has 1 aromatic carbocycles. The fraction of sp³-hybridized carbons (Fsp3) is 0.150. The molecule has 0 unspecified atom stereocenters. The number of imidazole rings is 1. The zero-order valence-corrected chi connectivity index (χ0v) is 17.8. The molecule has 10 nitrogen and oxygen atoms in total. The molecule has 0 saturated carbocycles. The quantitative estimate of drug-likeness (QED) is 0.422. The Hall–Kier alpha value is -3.77. The Morgan fingerprint density at radius 1 is 1.25 bits per heavy atom. The lowest BCUT2D eigenvalue weighted by atomic mass is 10.00. The van der Waals surface area contributed by atoms with Crippen molar-refractivity contribution in [2.24, 2.45) is 12.2 Å². The van der Waals surface area contributed by atoms with Gasteiger partial charge in [0.15, 0.2) is 11.6 Å². The van der Waals surface area contributed by atoms with E-state index in [-0.39, 0.29) is 29.6 Å². The van der Waals surface area contributed by atoms with E-state index in [0.29, 0.717) is 22.1 Å². The number of nitrogens with one attached hydrogen (secondary N) is 1. The molecule has 0 saturated heterocycles. The molecule has 0 aliphatic rings. The van der Waals surface area contributed by atoms with Gasteiger partial charge in [-0.05, 0) is 36.2 Å². The van der Waals surface area contributed by atoms with Gasteiger partial charge in [-0.3, -0.25) is 4.72 Å². The van der Waals surface area contributed by atoms with Gasteiger partial charge in [0.25, 0.3) is 10.2 Å². The minimum atomic E-state index is -3.99. The first-order valence-electron chi connectivity index (χ1n) is 9.27. The molecule has 0 spiro atoms. The predicted octanol–water partition coefficient (Wildman–Crippen LogP) is 2.37. The number of hydrogen-bond acceptors (Lipinski definition) is 7. The van der Waals surface area contributed by atoms with Crippen molar-refractivity contribution in [3.8, 4) is 11.8 Å². The predicted molar refractivity (Wildman–Crippen MR) is 114 cm³/mol. The average Bonchev–Trinajstić information content (AvgIpc) is 3.10. The number of nitrogens with two attached hydrogens (primary N) is 1. The highest BCUT2D eigenvalue weighted by Gasteiger charge is 2.17. The highest BCUT2D eigenvalue weighted by atomic mass is 32.2. The van der Waals surface area contributed by atoms with E-state index in [0.717, 1.165) is 0 Å². The molecule has 4 aromatic rings. The molecule has 166 valence electrons. The Balaban J connectivity index is 1.71. The van der Waals surface area contributed by atoms with Crippen molar-refractivity contribution in [2.75, 3.05) is 4.72 Å². The second kappa shape index (κ2) is 8.05. The van der Waals surface area contributed by atoms with Gasteiger partial charge in [-0.15, -0.1) is 0 Å². The van der Waals surface area contributed by atoms with E-state index in [4.69, 9.17) is 14.3 Å². The van der Waals surface area contributed by atoms with E-state index in [1.165, 1.54) is 30.6 Å². The van der Waals surface area contributed by atoms with Gasteiger partial charge in [-0.1, -0.05) is 0 Å². The highest BCUT2D eigenvalue weighted by Crippen LogP contribution is 2.30. The second-order valence-electron chi connectivity index (χ2n) is 7.07. The number of pyridine rings is 1. The van der Waals surface area contributed by atoms with Crippen LogP contribution in [0.25, 0.3) is 11.0 Å². The second-order valence-corrected chi connectivity index (χ2v) is 8.36. The lowest BCUT2D eigenvalue weighted by Gasteiger charge is -2.11. The zero-order valence-electron chi connectivity index (χ0n) is 17.0. The molecule has 0 aliphatic carbocycles. The smallest absolute Gasteiger partial charge is 0.340 e. The van der Waals surface area contributed by atoms with E-state index >= 15 is 0 Å². The summed E-state index contributed by atoms with van der Waals surface area (Å²) < 4.78 is 51.7. The lowest BCUT2D eigenvalue weighted by molar-refractivity contribution is 0.397. The summed E-state index contributed by atoms with van der Waals surface area (Å²) in [5.41, 5.74) is 0.950. The fourth-order valence-corrected chi connectivity index (χ4v) is 3.61. The molecular formula is C20H18FN5O5S. The Kier molecular flexibility index (Phi) is 5.40. The number of benzene rings is 1. The number of anilines is 1. The Bertz CT molecular complexity index is 1500.